The van der Waals surface area contributed by atoms with Crippen LogP contribution in [0.2, 0.25) is 0 Å². The molecule has 1 rings (SSSR count). The van der Waals surface area contributed by atoms with E-state index in [4.69, 9.17) is 5.11 Å². The zero-order valence-electron chi connectivity index (χ0n) is 7.44. The summed E-state index contributed by atoms with van der Waals surface area (Å²) in [6, 6.07) is 0. The Labute approximate surface area is 78.4 Å². The van der Waals surface area contributed by atoms with E-state index in [-0.39, 0.29) is 5.82 Å². The van der Waals surface area contributed by atoms with Crippen molar-refractivity contribution >= 4 is 5.97 Å². The van der Waals surface area contributed by atoms with Gasteiger partial charge in [0, 0.05) is 6.54 Å². The van der Waals surface area contributed by atoms with Gasteiger partial charge in [-0.1, -0.05) is 0 Å². The molecule has 0 aliphatic rings. The number of nitrogens with zero attached hydrogens (tertiary/aromatic N) is 3. The molecule has 0 amide bonds. The largest absolute Gasteiger partial charge is 0.477 e. The molecule has 7 heteroatoms. The van der Waals surface area contributed by atoms with Crippen molar-refractivity contribution in [1.82, 2.24) is 14.8 Å². The van der Waals surface area contributed by atoms with Crippen LogP contribution in [0.5, 0.6) is 0 Å². The summed E-state index contributed by atoms with van der Waals surface area (Å²) in [5, 5.41) is 11.9. The topological polar surface area (TPSA) is 68.0 Å². The number of carbonyl (C=O) groups is 1. The number of carboxylic acids is 1. The molecule has 1 aromatic heterocycles. The number of aryl methyl sites for hydroxylation is 1. The first-order valence-corrected chi connectivity index (χ1v) is 3.95. The van der Waals surface area contributed by atoms with Crippen molar-refractivity contribution in [3.8, 4) is 0 Å². The van der Waals surface area contributed by atoms with E-state index in [1.165, 1.54) is 4.68 Å². The predicted molar refractivity (Wildman–Crippen MR) is 42.0 cm³/mol. The molecule has 1 heterocycles. The van der Waals surface area contributed by atoms with Crippen LogP contribution in [0, 0.1) is 0 Å². The zero-order valence-corrected chi connectivity index (χ0v) is 7.44. The molecular formula is C7H9F2N3O2. The van der Waals surface area contributed by atoms with Crippen LogP contribution < -0.4 is 0 Å². The fourth-order valence-corrected chi connectivity index (χ4v) is 0.963. The van der Waals surface area contributed by atoms with Gasteiger partial charge in [-0.2, -0.15) is 13.9 Å². The summed E-state index contributed by atoms with van der Waals surface area (Å²) in [6.45, 7) is 2.09. The van der Waals surface area contributed by atoms with Gasteiger partial charge >= 0.3 is 11.9 Å². The van der Waals surface area contributed by atoms with Crippen molar-refractivity contribution in [1.29, 1.82) is 0 Å². The Balaban J connectivity index is 2.83. The molecule has 0 bridgehead atoms. The number of aromatic nitrogens is 3. The summed E-state index contributed by atoms with van der Waals surface area (Å²) < 4.78 is 26.7. The van der Waals surface area contributed by atoms with Crippen LogP contribution in [0.25, 0.3) is 0 Å². The van der Waals surface area contributed by atoms with Gasteiger partial charge in [-0.15, -0.1) is 0 Å². The molecule has 0 radical (unpaired) electrons. The summed E-state index contributed by atoms with van der Waals surface area (Å²) in [6.07, 6.45) is 0.187. The summed E-state index contributed by atoms with van der Waals surface area (Å²) >= 11 is 0. The van der Waals surface area contributed by atoms with Gasteiger partial charge in [-0.05, 0) is 6.92 Å². The monoisotopic (exact) mass is 205 g/mol. The van der Waals surface area contributed by atoms with Crippen molar-refractivity contribution in [2.24, 2.45) is 0 Å². The normalized spacial score (nSPS) is 11.6. The van der Waals surface area contributed by atoms with Gasteiger partial charge in [0.25, 0.3) is 0 Å². The minimum absolute atomic E-state index is 0.0279. The van der Waals surface area contributed by atoms with E-state index in [0.717, 1.165) is 6.33 Å². The third-order valence-electron chi connectivity index (χ3n) is 1.69. The lowest BCUT2D eigenvalue weighted by atomic mass is 10.2. The maximum absolute atomic E-state index is 12.7. The van der Waals surface area contributed by atoms with E-state index < -0.39 is 18.3 Å². The lowest BCUT2D eigenvalue weighted by Gasteiger charge is -2.10. The Hall–Kier alpha value is -1.53. The minimum Gasteiger partial charge on any atom is -0.477 e. The number of alkyl halides is 2. The average Bonchev–Trinajstić information content (AvgIpc) is 2.50. The highest BCUT2D eigenvalue weighted by atomic mass is 19.3. The third-order valence-corrected chi connectivity index (χ3v) is 1.69. The van der Waals surface area contributed by atoms with E-state index in [1.54, 1.807) is 6.92 Å². The Kier molecular flexibility index (Phi) is 2.78. The maximum atomic E-state index is 12.7. The van der Waals surface area contributed by atoms with Crippen LogP contribution >= 0.6 is 0 Å². The van der Waals surface area contributed by atoms with Crippen LogP contribution in [-0.2, 0) is 17.8 Å². The van der Waals surface area contributed by atoms with Crippen molar-refractivity contribution in [3.05, 3.63) is 12.2 Å². The highest BCUT2D eigenvalue weighted by Crippen LogP contribution is 2.18. The molecule has 0 aromatic carbocycles. The molecule has 0 saturated carbocycles. The van der Waals surface area contributed by atoms with Gasteiger partial charge in [-0.3, -0.25) is 4.68 Å². The zero-order chi connectivity index (χ0) is 10.8. The van der Waals surface area contributed by atoms with Gasteiger partial charge in [0.1, 0.15) is 12.2 Å². The number of rotatable bonds is 4. The molecule has 0 spiro atoms. The van der Waals surface area contributed by atoms with Gasteiger partial charge in [0.15, 0.2) is 0 Å². The van der Waals surface area contributed by atoms with Crippen molar-refractivity contribution in [2.45, 2.75) is 25.8 Å². The molecule has 0 fully saturated rings. The first kappa shape index (κ1) is 10.6. The number of aliphatic carboxylic acids is 1. The molecule has 0 unspecified atom stereocenters. The molecule has 0 saturated heterocycles. The fraction of sp³-hybridized carbons (Fsp3) is 0.571. The molecule has 78 valence electrons. The Morgan fingerprint density at radius 2 is 2.36 bits per heavy atom. The highest BCUT2D eigenvalue weighted by molar-refractivity contribution is 5.75. The van der Waals surface area contributed by atoms with Gasteiger partial charge < -0.3 is 5.11 Å². The first-order chi connectivity index (χ1) is 6.47. The van der Waals surface area contributed by atoms with Gasteiger partial charge in [-0.25, -0.2) is 9.78 Å². The Morgan fingerprint density at radius 1 is 1.71 bits per heavy atom. The smallest absolute Gasteiger partial charge is 0.375 e. The van der Waals surface area contributed by atoms with E-state index in [2.05, 4.69) is 10.1 Å². The second-order valence-corrected chi connectivity index (χ2v) is 2.68. The number of halogens is 2. The van der Waals surface area contributed by atoms with E-state index >= 15 is 0 Å². The maximum Gasteiger partial charge on any atom is 0.375 e. The highest BCUT2D eigenvalue weighted by Gasteiger charge is 2.40. The van der Waals surface area contributed by atoms with E-state index in [9.17, 15) is 13.6 Å². The molecular weight excluding hydrogens is 196 g/mol. The van der Waals surface area contributed by atoms with Gasteiger partial charge in [0.2, 0.25) is 0 Å². The molecule has 0 atom stereocenters. The first-order valence-electron chi connectivity index (χ1n) is 3.95. The Morgan fingerprint density at radius 3 is 2.86 bits per heavy atom. The molecule has 0 aliphatic carbocycles. The van der Waals surface area contributed by atoms with E-state index in [0.29, 0.717) is 6.54 Å². The predicted octanol–water partition coefficient (Wildman–Crippen LogP) is 0.560. The fourth-order valence-electron chi connectivity index (χ4n) is 0.963. The SMILES string of the molecule is CCn1ncnc1CC(F)(F)C(=O)O. The molecule has 1 aromatic rings. The standard InChI is InChI=1S/C7H9F2N3O2/c1-2-12-5(10-4-11-12)3-7(8,9)6(13)14/h4H,2-3H2,1H3,(H,13,14). The molecule has 0 aliphatic heterocycles. The second-order valence-electron chi connectivity index (χ2n) is 2.68. The minimum atomic E-state index is -3.79. The second kappa shape index (κ2) is 3.69. The summed E-state index contributed by atoms with van der Waals surface area (Å²) in [4.78, 5) is 13.7. The van der Waals surface area contributed by atoms with Crippen LogP contribution in [0.1, 0.15) is 12.7 Å². The lowest BCUT2D eigenvalue weighted by Crippen LogP contribution is -2.32. The van der Waals surface area contributed by atoms with Crippen LogP contribution in [-0.4, -0.2) is 31.8 Å². The van der Waals surface area contributed by atoms with Crippen LogP contribution in [0.4, 0.5) is 8.78 Å². The van der Waals surface area contributed by atoms with Gasteiger partial charge in [0.05, 0.1) is 6.42 Å². The summed E-state index contributed by atoms with van der Waals surface area (Å²) in [5.74, 6) is -5.97. The molecule has 14 heavy (non-hydrogen) atoms. The number of hydrogen-bond acceptors (Lipinski definition) is 3. The van der Waals surface area contributed by atoms with Crippen molar-refractivity contribution in [2.75, 3.05) is 0 Å². The summed E-state index contributed by atoms with van der Waals surface area (Å²) in [5.41, 5.74) is 0. The van der Waals surface area contributed by atoms with Crippen molar-refractivity contribution < 1.29 is 18.7 Å². The third kappa shape index (κ3) is 2.04. The Bertz CT molecular complexity index is 337. The van der Waals surface area contributed by atoms with Crippen molar-refractivity contribution in [3.63, 3.8) is 0 Å². The molecule has 1 N–H and O–H groups in total. The van der Waals surface area contributed by atoms with Crippen LogP contribution in [0.15, 0.2) is 6.33 Å². The number of carboxylic acid groups (broad SMARTS) is 1. The quantitative estimate of drug-likeness (QED) is 0.779. The van der Waals surface area contributed by atoms with E-state index in [1.807, 2.05) is 0 Å². The van der Waals surface area contributed by atoms with Crippen LogP contribution in [0.3, 0.4) is 0 Å². The lowest BCUT2D eigenvalue weighted by molar-refractivity contribution is -0.164. The average molecular weight is 205 g/mol. The number of hydrogen-bond donors (Lipinski definition) is 1. The summed E-state index contributed by atoms with van der Waals surface area (Å²) in [7, 11) is 0. The molecule has 5 nitrogen and oxygen atoms in total.